The third-order valence-electron chi connectivity index (χ3n) is 1.14. The Balaban J connectivity index is -0.000000214. The maximum absolute atomic E-state index is 10.2. The summed E-state index contributed by atoms with van der Waals surface area (Å²) in [5.41, 5.74) is 0.859. The average Bonchev–Trinajstić information content (AvgIpc) is 2.30. The zero-order valence-electron chi connectivity index (χ0n) is 8.41. The summed E-state index contributed by atoms with van der Waals surface area (Å²) in [6.07, 6.45) is 4.87. The lowest BCUT2D eigenvalue weighted by molar-refractivity contribution is -0.132. The first kappa shape index (κ1) is 20.2. The van der Waals surface area contributed by atoms with E-state index in [4.69, 9.17) is 24.4 Å². The van der Waals surface area contributed by atoms with Crippen LogP contribution in [0.25, 0.3) is 0 Å². The molecule has 0 atom stereocenters. The highest BCUT2D eigenvalue weighted by atomic mass is 31.2. The Bertz CT molecular complexity index is 348. The second kappa shape index (κ2) is 7.94. The van der Waals surface area contributed by atoms with Crippen molar-refractivity contribution in [2.75, 3.05) is 0 Å². The Labute approximate surface area is 92.0 Å². The van der Waals surface area contributed by atoms with Gasteiger partial charge in [0.15, 0.2) is 0 Å². The summed E-state index contributed by atoms with van der Waals surface area (Å²) in [5, 5.41) is 8.41. The second-order valence-corrected chi connectivity index (χ2v) is 3.31. The van der Waals surface area contributed by atoms with Crippen molar-refractivity contribution >= 4 is 13.8 Å². The summed E-state index contributed by atoms with van der Waals surface area (Å²) < 4.78 is 8.88. The second-order valence-electron chi connectivity index (χ2n) is 2.28. The average molecular weight is 254 g/mol. The van der Waals surface area contributed by atoms with Crippen molar-refractivity contribution in [1.82, 2.24) is 12.3 Å². The highest BCUT2D eigenvalue weighted by Crippen LogP contribution is 2.25. The maximum Gasteiger partial charge on any atom is 0.466 e. The number of carbonyl (C=O) groups is 1. The number of hydrogen-bond donors (Lipinski definition) is 6. The minimum Gasteiger partial charge on any atom is -0.478 e. The SMILES string of the molecule is C=C1C=CC=C1C(=O)O.N.N.O=P(O)(O)O. The predicted octanol–water partition coefficient (Wildman–Crippen LogP) is 0.519. The van der Waals surface area contributed by atoms with Crippen molar-refractivity contribution in [3.05, 3.63) is 36.0 Å². The van der Waals surface area contributed by atoms with Crippen LogP contribution < -0.4 is 12.3 Å². The standard InChI is InChI=1S/C7H6O2.2H3N.H3O4P/c1-5-3-2-4-6(5)7(8)9;;;1-5(2,3)4/h2-4H,1H2,(H,8,9);2*1H3;(H3,1,2,3,4). The highest BCUT2D eigenvalue weighted by Gasteiger charge is 2.10. The van der Waals surface area contributed by atoms with Crippen LogP contribution in [0.15, 0.2) is 36.0 Å². The molecule has 1 aliphatic rings. The van der Waals surface area contributed by atoms with Gasteiger partial charge in [-0.25, -0.2) is 9.36 Å². The van der Waals surface area contributed by atoms with Crippen LogP contribution in [0.5, 0.6) is 0 Å². The van der Waals surface area contributed by atoms with E-state index in [-0.39, 0.29) is 17.9 Å². The fourth-order valence-electron chi connectivity index (χ4n) is 0.666. The summed E-state index contributed by atoms with van der Waals surface area (Å²) in [6, 6.07) is 0. The van der Waals surface area contributed by atoms with Gasteiger partial charge < -0.3 is 32.1 Å². The molecule has 1 aliphatic carbocycles. The van der Waals surface area contributed by atoms with E-state index in [1.54, 1.807) is 12.2 Å². The molecule has 0 heterocycles. The lowest BCUT2D eigenvalue weighted by Gasteiger charge is -1.92. The Hall–Kier alpha value is -1.28. The molecule has 0 radical (unpaired) electrons. The van der Waals surface area contributed by atoms with Gasteiger partial charge >= 0.3 is 13.8 Å². The molecule has 9 heteroatoms. The molecule has 0 fully saturated rings. The van der Waals surface area contributed by atoms with Crippen molar-refractivity contribution in [3.8, 4) is 0 Å². The molecule has 0 spiro atoms. The number of aliphatic carboxylic acids is 1. The minimum atomic E-state index is -4.64. The van der Waals surface area contributed by atoms with Gasteiger partial charge in [0.2, 0.25) is 0 Å². The quantitative estimate of drug-likeness (QED) is 0.365. The number of carboxylic acids is 1. The van der Waals surface area contributed by atoms with E-state index in [9.17, 15) is 4.79 Å². The molecule has 0 aliphatic heterocycles. The van der Waals surface area contributed by atoms with Crippen molar-refractivity contribution in [3.63, 3.8) is 0 Å². The fourth-order valence-corrected chi connectivity index (χ4v) is 0.666. The first-order valence-corrected chi connectivity index (χ1v) is 4.87. The van der Waals surface area contributed by atoms with E-state index in [2.05, 4.69) is 6.58 Å². The van der Waals surface area contributed by atoms with Gasteiger partial charge in [-0.1, -0.05) is 18.7 Å². The zero-order valence-corrected chi connectivity index (χ0v) is 9.30. The Kier molecular flexibility index (Phi) is 10.0. The van der Waals surface area contributed by atoms with Gasteiger partial charge in [-0.15, -0.1) is 0 Å². The van der Waals surface area contributed by atoms with Gasteiger partial charge in [-0.2, -0.15) is 0 Å². The fraction of sp³-hybridized carbons (Fsp3) is 0. The lowest BCUT2D eigenvalue weighted by Crippen LogP contribution is -1.98. The Morgan fingerprint density at radius 2 is 1.62 bits per heavy atom. The van der Waals surface area contributed by atoms with E-state index < -0.39 is 13.8 Å². The van der Waals surface area contributed by atoms with Gasteiger partial charge in [-0.05, 0) is 11.6 Å². The van der Waals surface area contributed by atoms with Crippen molar-refractivity contribution in [2.45, 2.75) is 0 Å². The van der Waals surface area contributed by atoms with Crippen molar-refractivity contribution < 1.29 is 29.1 Å². The van der Waals surface area contributed by atoms with E-state index in [1.807, 2.05) is 0 Å². The summed E-state index contributed by atoms with van der Waals surface area (Å²) >= 11 is 0. The minimum absolute atomic E-state index is 0. The normalized spacial score (nSPS) is 12.7. The monoisotopic (exact) mass is 254 g/mol. The van der Waals surface area contributed by atoms with Crippen LogP contribution in [-0.4, -0.2) is 25.8 Å². The summed E-state index contributed by atoms with van der Waals surface area (Å²) in [5.74, 6) is -0.912. The molecule has 94 valence electrons. The largest absolute Gasteiger partial charge is 0.478 e. The molecular formula is C7H15N2O6P. The number of carboxylic acid groups (broad SMARTS) is 1. The van der Waals surface area contributed by atoms with Crippen LogP contribution in [0.3, 0.4) is 0 Å². The van der Waals surface area contributed by atoms with Crippen LogP contribution in [-0.2, 0) is 9.36 Å². The Morgan fingerprint density at radius 1 is 1.25 bits per heavy atom. The Morgan fingerprint density at radius 3 is 1.75 bits per heavy atom. The number of rotatable bonds is 1. The van der Waals surface area contributed by atoms with E-state index in [0.717, 1.165) is 0 Å². The molecule has 0 bridgehead atoms. The maximum atomic E-state index is 10.2. The molecule has 8 nitrogen and oxygen atoms in total. The summed E-state index contributed by atoms with van der Waals surface area (Å²) in [6.45, 7) is 3.52. The molecule has 0 saturated heterocycles. The third-order valence-corrected chi connectivity index (χ3v) is 1.14. The van der Waals surface area contributed by atoms with Crippen LogP contribution >= 0.6 is 7.82 Å². The van der Waals surface area contributed by atoms with Crippen molar-refractivity contribution in [2.24, 2.45) is 0 Å². The topological polar surface area (TPSA) is 185 Å². The van der Waals surface area contributed by atoms with Crippen LogP contribution in [0.4, 0.5) is 0 Å². The molecule has 0 unspecified atom stereocenters. The highest BCUT2D eigenvalue weighted by molar-refractivity contribution is 7.45. The molecule has 16 heavy (non-hydrogen) atoms. The molecule has 0 aromatic rings. The molecular weight excluding hydrogens is 239 g/mol. The van der Waals surface area contributed by atoms with E-state index in [1.165, 1.54) is 6.08 Å². The van der Waals surface area contributed by atoms with Gasteiger partial charge in [0, 0.05) is 0 Å². The molecule has 0 aromatic carbocycles. The molecule has 0 saturated carbocycles. The third kappa shape index (κ3) is 10.8. The molecule has 0 amide bonds. The van der Waals surface area contributed by atoms with Crippen LogP contribution in [0.1, 0.15) is 0 Å². The number of allylic oxidation sites excluding steroid dienone is 3. The van der Waals surface area contributed by atoms with E-state index in [0.29, 0.717) is 5.57 Å². The zero-order chi connectivity index (χ0) is 11.4. The first-order valence-electron chi connectivity index (χ1n) is 3.31. The van der Waals surface area contributed by atoms with Crippen LogP contribution in [0.2, 0.25) is 0 Å². The molecule has 0 aromatic heterocycles. The van der Waals surface area contributed by atoms with Crippen molar-refractivity contribution in [1.29, 1.82) is 0 Å². The smallest absolute Gasteiger partial charge is 0.466 e. The van der Waals surface area contributed by atoms with Gasteiger partial charge in [0.1, 0.15) is 0 Å². The van der Waals surface area contributed by atoms with Gasteiger partial charge in [-0.3, -0.25) is 0 Å². The van der Waals surface area contributed by atoms with Gasteiger partial charge in [0.05, 0.1) is 5.57 Å². The van der Waals surface area contributed by atoms with E-state index >= 15 is 0 Å². The molecule has 1 rings (SSSR count). The number of hydrogen-bond acceptors (Lipinski definition) is 4. The van der Waals surface area contributed by atoms with Crippen LogP contribution in [0, 0.1) is 0 Å². The molecule has 10 N–H and O–H groups in total. The summed E-state index contributed by atoms with van der Waals surface area (Å²) in [7, 11) is -4.64. The lowest BCUT2D eigenvalue weighted by atomic mass is 10.2. The number of phosphoric acid groups is 1. The van der Waals surface area contributed by atoms with Gasteiger partial charge in [0.25, 0.3) is 0 Å². The first-order chi connectivity index (χ1) is 6.22. The summed E-state index contributed by atoms with van der Waals surface area (Å²) in [4.78, 5) is 31.8. The predicted molar refractivity (Wildman–Crippen MR) is 58.3 cm³/mol.